The van der Waals surface area contributed by atoms with E-state index < -0.39 is 0 Å². The summed E-state index contributed by atoms with van der Waals surface area (Å²) < 4.78 is 12.9. The van der Waals surface area contributed by atoms with Crippen LogP contribution in [-0.4, -0.2) is 75.4 Å². The van der Waals surface area contributed by atoms with Gasteiger partial charge >= 0.3 is 0 Å². The summed E-state index contributed by atoms with van der Waals surface area (Å²) in [6.07, 6.45) is 14.4. The molecule has 12 heteroatoms. The highest BCUT2D eigenvalue weighted by Crippen LogP contribution is 2.35. The fourth-order valence-electron chi connectivity index (χ4n) is 5.03. The highest BCUT2D eigenvalue weighted by Gasteiger charge is 2.39. The van der Waals surface area contributed by atoms with E-state index in [1.165, 1.54) is 0 Å². The van der Waals surface area contributed by atoms with E-state index >= 15 is 0 Å². The number of pyridine rings is 1. The fraction of sp³-hybridized carbons (Fsp3) is 0.562. The number of nitrogens with zero attached hydrogens (tertiary/aromatic N) is 7. The van der Waals surface area contributed by atoms with E-state index in [1.807, 2.05) is 47.0 Å². The molecule has 0 saturated heterocycles. The zero-order valence-corrected chi connectivity index (χ0v) is 26.5. The number of fused-ring (bicyclic) bond motifs is 1. The van der Waals surface area contributed by atoms with Gasteiger partial charge in [0.25, 0.3) is 0 Å². The van der Waals surface area contributed by atoms with Crippen LogP contribution in [0.2, 0.25) is 5.02 Å². The van der Waals surface area contributed by atoms with Gasteiger partial charge in [-0.3, -0.25) is 14.5 Å². The Morgan fingerprint density at radius 1 is 1.18 bits per heavy atom. The first kappa shape index (κ1) is 33.3. The van der Waals surface area contributed by atoms with Crippen molar-refractivity contribution in [1.82, 2.24) is 24.9 Å². The Balaban J connectivity index is 1.07. The number of terminal acetylenes is 1. The molecule has 1 N–H and O–H groups in total. The molecule has 1 aliphatic rings. The van der Waals surface area contributed by atoms with E-state index in [2.05, 4.69) is 43.7 Å². The van der Waals surface area contributed by atoms with Gasteiger partial charge in [0.2, 0.25) is 5.91 Å². The summed E-state index contributed by atoms with van der Waals surface area (Å²) >= 11 is 6.12. The third-order valence-electron chi connectivity index (χ3n) is 7.63. The Labute approximate surface area is 264 Å². The van der Waals surface area contributed by atoms with Crippen molar-refractivity contribution < 1.29 is 14.3 Å². The van der Waals surface area contributed by atoms with Gasteiger partial charge < -0.3 is 19.7 Å². The molecule has 1 atom stereocenters. The standard InChI is InChI=1S/C32H43ClN8O3/c1-4-19-43-20-14-32(37-38-32)15-21-44-24-27-23-41(39-36-27)18-7-6-10-31(42)40(5-2)17-8-9-25(3)35-29-13-16-34-30-22-26(33)11-12-28(29)30/h1,11-13,16,22-23,25H,5-10,14-15,17-21,24H2,2-3H3,(H,34,35). The molecule has 11 nitrogen and oxygen atoms in total. The van der Waals surface area contributed by atoms with Gasteiger partial charge in [-0.2, -0.15) is 10.2 Å². The number of benzene rings is 1. The van der Waals surface area contributed by atoms with Crippen LogP contribution in [0.3, 0.4) is 0 Å². The van der Waals surface area contributed by atoms with Crippen molar-refractivity contribution in [3.8, 4) is 12.3 Å². The van der Waals surface area contributed by atoms with Gasteiger partial charge in [-0.15, -0.1) is 11.5 Å². The molecule has 236 valence electrons. The van der Waals surface area contributed by atoms with Crippen molar-refractivity contribution in [2.24, 2.45) is 10.2 Å². The first-order valence-electron chi connectivity index (χ1n) is 15.4. The van der Waals surface area contributed by atoms with Gasteiger partial charge in [-0.05, 0) is 63.8 Å². The number of aromatic nitrogens is 4. The zero-order chi connectivity index (χ0) is 31.2. The Kier molecular flexibility index (Phi) is 12.9. The molecule has 1 aromatic carbocycles. The van der Waals surface area contributed by atoms with Crippen molar-refractivity contribution in [1.29, 1.82) is 0 Å². The molecular formula is C32H43ClN8O3. The predicted octanol–water partition coefficient (Wildman–Crippen LogP) is 5.89. The van der Waals surface area contributed by atoms with Crippen LogP contribution in [-0.2, 0) is 27.4 Å². The third kappa shape index (κ3) is 10.5. The average molecular weight is 623 g/mol. The molecule has 0 saturated carbocycles. The summed E-state index contributed by atoms with van der Waals surface area (Å²) in [6.45, 7) is 8.13. The number of anilines is 1. The maximum absolute atomic E-state index is 12.9. The Morgan fingerprint density at radius 3 is 2.77 bits per heavy atom. The molecule has 1 amide bonds. The minimum atomic E-state index is -0.376. The number of hydrogen-bond acceptors (Lipinski definition) is 9. The lowest BCUT2D eigenvalue weighted by molar-refractivity contribution is -0.131. The summed E-state index contributed by atoms with van der Waals surface area (Å²) in [5.74, 6) is 2.65. The van der Waals surface area contributed by atoms with Crippen molar-refractivity contribution in [3.63, 3.8) is 0 Å². The molecule has 0 bridgehead atoms. The summed E-state index contributed by atoms with van der Waals surface area (Å²) in [5, 5.41) is 22.0. The molecule has 0 aliphatic carbocycles. The van der Waals surface area contributed by atoms with E-state index in [0.29, 0.717) is 63.8 Å². The van der Waals surface area contributed by atoms with E-state index in [0.717, 1.165) is 54.5 Å². The van der Waals surface area contributed by atoms with Gasteiger partial charge in [0.1, 0.15) is 12.3 Å². The quantitative estimate of drug-likeness (QED) is 0.116. The Hall–Kier alpha value is -3.59. The maximum Gasteiger partial charge on any atom is 0.222 e. The first-order chi connectivity index (χ1) is 21.4. The number of halogens is 1. The van der Waals surface area contributed by atoms with Gasteiger partial charge in [0.15, 0.2) is 5.66 Å². The molecule has 0 radical (unpaired) electrons. The van der Waals surface area contributed by atoms with Crippen LogP contribution < -0.4 is 5.32 Å². The third-order valence-corrected chi connectivity index (χ3v) is 7.87. The van der Waals surface area contributed by atoms with Crippen molar-refractivity contribution >= 4 is 34.1 Å². The number of amides is 1. The molecule has 4 rings (SSSR count). The highest BCUT2D eigenvalue weighted by atomic mass is 35.5. The number of unbranched alkanes of at least 4 members (excludes halogenated alkanes) is 1. The topological polar surface area (TPSA) is 119 Å². The van der Waals surface area contributed by atoms with Crippen LogP contribution in [0.15, 0.2) is 46.9 Å². The number of ether oxygens (including phenoxy) is 2. The number of rotatable bonds is 21. The number of nitrogens with one attached hydrogen (secondary N) is 1. The largest absolute Gasteiger partial charge is 0.382 e. The smallest absolute Gasteiger partial charge is 0.222 e. The Morgan fingerprint density at radius 2 is 2.00 bits per heavy atom. The zero-order valence-electron chi connectivity index (χ0n) is 25.8. The molecule has 3 heterocycles. The van der Waals surface area contributed by atoms with Gasteiger partial charge in [0.05, 0.1) is 31.5 Å². The number of carbonyl (C=O) groups excluding carboxylic acids is 1. The minimum absolute atomic E-state index is 0.201. The highest BCUT2D eigenvalue weighted by molar-refractivity contribution is 6.31. The number of aryl methyl sites for hydroxylation is 1. The fourth-order valence-corrected chi connectivity index (χ4v) is 5.20. The average Bonchev–Trinajstić information content (AvgIpc) is 3.64. The van der Waals surface area contributed by atoms with Crippen LogP contribution in [0.25, 0.3) is 10.9 Å². The van der Waals surface area contributed by atoms with E-state index in [9.17, 15) is 4.79 Å². The Bertz CT molecular complexity index is 1420. The van der Waals surface area contributed by atoms with Crippen molar-refractivity contribution in [2.75, 3.05) is 38.2 Å². The molecule has 0 spiro atoms. The molecule has 44 heavy (non-hydrogen) atoms. The van der Waals surface area contributed by atoms with Gasteiger partial charge in [-0.1, -0.05) is 22.7 Å². The van der Waals surface area contributed by atoms with Gasteiger partial charge in [0, 0.05) is 67.2 Å². The van der Waals surface area contributed by atoms with E-state index in [1.54, 1.807) is 6.20 Å². The summed E-state index contributed by atoms with van der Waals surface area (Å²) in [4.78, 5) is 19.2. The van der Waals surface area contributed by atoms with E-state index in [-0.39, 0.29) is 17.6 Å². The second kappa shape index (κ2) is 17.0. The van der Waals surface area contributed by atoms with Crippen LogP contribution in [0.5, 0.6) is 0 Å². The van der Waals surface area contributed by atoms with Crippen LogP contribution in [0.1, 0.15) is 64.5 Å². The number of hydrogen-bond donors (Lipinski definition) is 1. The summed E-state index contributed by atoms with van der Waals surface area (Å²) in [5.41, 5.74) is 2.32. The predicted molar refractivity (Wildman–Crippen MR) is 171 cm³/mol. The molecule has 3 aromatic rings. The van der Waals surface area contributed by atoms with Crippen LogP contribution >= 0.6 is 11.6 Å². The van der Waals surface area contributed by atoms with Crippen molar-refractivity contribution in [2.45, 2.75) is 83.6 Å². The molecule has 2 aromatic heterocycles. The van der Waals surface area contributed by atoms with E-state index in [4.69, 9.17) is 27.5 Å². The SMILES string of the molecule is C#CCOCCC1(CCOCc2cn(CCCCC(=O)N(CC)CCCC(C)Nc3ccnc4cc(Cl)ccc34)nn2)N=N1. The number of carbonyl (C=O) groups is 1. The summed E-state index contributed by atoms with van der Waals surface area (Å²) in [7, 11) is 0. The first-order valence-corrected chi connectivity index (χ1v) is 15.8. The lowest BCUT2D eigenvalue weighted by Crippen LogP contribution is -2.32. The summed E-state index contributed by atoms with van der Waals surface area (Å²) in [6, 6.07) is 8.00. The maximum atomic E-state index is 12.9. The molecule has 1 unspecified atom stereocenters. The van der Waals surface area contributed by atoms with Crippen LogP contribution in [0, 0.1) is 12.3 Å². The second-order valence-electron chi connectivity index (χ2n) is 11.1. The lowest BCUT2D eigenvalue weighted by Gasteiger charge is -2.23. The van der Waals surface area contributed by atoms with Gasteiger partial charge in [-0.25, -0.2) is 0 Å². The lowest BCUT2D eigenvalue weighted by atomic mass is 10.1. The normalized spacial score (nSPS) is 14.0. The molecule has 0 fully saturated rings. The second-order valence-corrected chi connectivity index (χ2v) is 11.5. The monoisotopic (exact) mass is 622 g/mol. The van der Waals surface area contributed by atoms with Crippen molar-refractivity contribution in [3.05, 3.63) is 47.4 Å². The molecular weight excluding hydrogens is 580 g/mol. The minimum Gasteiger partial charge on any atom is -0.382 e. The van der Waals surface area contributed by atoms with Crippen LogP contribution in [0.4, 0.5) is 5.69 Å². The molecule has 1 aliphatic heterocycles.